The summed E-state index contributed by atoms with van der Waals surface area (Å²) < 4.78 is 1.88. The second-order valence-corrected chi connectivity index (χ2v) is 4.84. The molecule has 0 fully saturated rings. The molecule has 3 rings (SSSR count). The first-order chi connectivity index (χ1) is 9.81. The highest BCUT2D eigenvalue weighted by Crippen LogP contribution is 2.20. The van der Waals surface area contributed by atoms with E-state index in [4.69, 9.17) is 10.4 Å². The van der Waals surface area contributed by atoms with Gasteiger partial charge in [-0.25, -0.2) is 4.68 Å². The molecular formula is C17H15N3. The predicted molar refractivity (Wildman–Crippen MR) is 79.8 cm³/mol. The van der Waals surface area contributed by atoms with E-state index in [0.29, 0.717) is 5.56 Å². The first-order valence-corrected chi connectivity index (χ1v) is 6.79. The van der Waals surface area contributed by atoms with E-state index in [0.717, 1.165) is 29.4 Å². The fraction of sp³-hybridized carbons (Fsp3) is 0.176. The number of nitriles is 1. The zero-order valence-corrected chi connectivity index (χ0v) is 11.4. The summed E-state index contributed by atoms with van der Waals surface area (Å²) >= 11 is 0. The van der Waals surface area contributed by atoms with Gasteiger partial charge in [-0.1, -0.05) is 31.5 Å². The quantitative estimate of drug-likeness (QED) is 0.718. The van der Waals surface area contributed by atoms with Gasteiger partial charge in [0.25, 0.3) is 0 Å². The van der Waals surface area contributed by atoms with Crippen molar-refractivity contribution in [1.82, 2.24) is 9.78 Å². The Morgan fingerprint density at radius 3 is 2.65 bits per heavy atom. The molecule has 0 aliphatic rings. The lowest BCUT2D eigenvalue weighted by Gasteiger charge is -2.00. The summed E-state index contributed by atoms with van der Waals surface area (Å²) in [5, 5.41) is 14.7. The first-order valence-electron chi connectivity index (χ1n) is 6.79. The second-order valence-electron chi connectivity index (χ2n) is 4.84. The van der Waals surface area contributed by atoms with Crippen LogP contribution in [0.4, 0.5) is 0 Å². The minimum absolute atomic E-state index is 0.664. The van der Waals surface area contributed by atoms with Gasteiger partial charge in [0.15, 0.2) is 0 Å². The van der Waals surface area contributed by atoms with E-state index in [1.54, 1.807) is 0 Å². The number of hydrogen-bond acceptors (Lipinski definition) is 2. The smallest absolute Gasteiger partial charge is 0.0991 e. The van der Waals surface area contributed by atoms with Gasteiger partial charge in [0.05, 0.1) is 22.8 Å². The van der Waals surface area contributed by atoms with E-state index in [1.165, 1.54) is 5.56 Å². The van der Waals surface area contributed by atoms with E-state index in [9.17, 15) is 0 Å². The van der Waals surface area contributed by atoms with E-state index >= 15 is 0 Å². The topological polar surface area (TPSA) is 41.6 Å². The molecule has 1 aromatic heterocycles. The summed E-state index contributed by atoms with van der Waals surface area (Å²) in [6.45, 7) is 2.18. The van der Waals surface area contributed by atoms with Crippen molar-refractivity contribution < 1.29 is 0 Å². The molecule has 0 saturated heterocycles. The van der Waals surface area contributed by atoms with Crippen molar-refractivity contribution in [3.63, 3.8) is 0 Å². The van der Waals surface area contributed by atoms with Crippen LogP contribution in [0.2, 0.25) is 0 Å². The molecule has 0 aliphatic heterocycles. The maximum atomic E-state index is 8.84. The lowest BCUT2D eigenvalue weighted by molar-refractivity contribution is 0.882. The van der Waals surface area contributed by atoms with Crippen molar-refractivity contribution in [2.24, 2.45) is 0 Å². The highest BCUT2D eigenvalue weighted by Gasteiger charge is 2.06. The SMILES string of the molecule is CCCc1cccc2cn(-c3ccc(C#N)cc3)nc12. The molecule has 0 atom stereocenters. The monoisotopic (exact) mass is 261 g/mol. The van der Waals surface area contributed by atoms with Gasteiger partial charge in [-0.3, -0.25) is 0 Å². The van der Waals surface area contributed by atoms with E-state index in [-0.39, 0.29) is 0 Å². The third kappa shape index (κ3) is 2.17. The Kier molecular flexibility index (Phi) is 3.22. The van der Waals surface area contributed by atoms with Gasteiger partial charge in [0, 0.05) is 11.6 Å². The molecule has 3 aromatic rings. The van der Waals surface area contributed by atoms with E-state index in [2.05, 4.69) is 31.2 Å². The minimum Gasteiger partial charge on any atom is -0.240 e. The molecule has 3 heteroatoms. The van der Waals surface area contributed by atoms with Gasteiger partial charge < -0.3 is 0 Å². The zero-order valence-electron chi connectivity index (χ0n) is 11.4. The summed E-state index contributed by atoms with van der Waals surface area (Å²) in [4.78, 5) is 0. The summed E-state index contributed by atoms with van der Waals surface area (Å²) in [5.74, 6) is 0. The number of aryl methyl sites for hydroxylation is 1. The number of fused-ring (bicyclic) bond motifs is 1. The van der Waals surface area contributed by atoms with Crippen LogP contribution < -0.4 is 0 Å². The number of nitrogens with zero attached hydrogens (tertiary/aromatic N) is 3. The fourth-order valence-electron chi connectivity index (χ4n) is 2.40. The van der Waals surface area contributed by atoms with Crippen LogP contribution in [0.15, 0.2) is 48.7 Å². The van der Waals surface area contributed by atoms with Crippen molar-refractivity contribution in [2.75, 3.05) is 0 Å². The number of hydrogen-bond donors (Lipinski definition) is 0. The minimum atomic E-state index is 0.664. The standard InChI is InChI=1S/C17H15N3/c1-2-4-14-5-3-6-15-12-20(19-17(14)15)16-9-7-13(11-18)8-10-16/h3,5-10,12H,2,4H2,1H3. The van der Waals surface area contributed by atoms with Crippen LogP contribution in [0, 0.1) is 11.3 Å². The third-order valence-corrected chi connectivity index (χ3v) is 3.40. The summed E-state index contributed by atoms with van der Waals surface area (Å²) in [6, 6.07) is 15.9. The third-order valence-electron chi connectivity index (χ3n) is 3.40. The van der Waals surface area contributed by atoms with E-state index < -0.39 is 0 Å². The highest BCUT2D eigenvalue weighted by atomic mass is 15.3. The Labute approximate surface area is 118 Å². The van der Waals surface area contributed by atoms with Crippen LogP contribution in [-0.2, 0) is 6.42 Å². The van der Waals surface area contributed by atoms with Crippen LogP contribution in [0.3, 0.4) is 0 Å². The van der Waals surface area contributed by atoms with E-state index in [1.807, 2.05) is 35.1 Å². The van der Waals surface area contributed by atoms with Gasteiger partial charge in [-0.2, -0.15) is 10.4 Å². The number of rotatable bonds is 3. The van der Waals surface area contributed by atoms with Gasteiger partial charge >= 0.3 is 0 Å². The Morgan fingerprint density at radius 2 is 1.95 bits per heavy atom. The summed E-state index contributed by atoms with van der Waals surface area (Å²) in [7, 11) is 0. The lowest BCUT2D eigenvalue weighted by atomic mass is 10.1. The van der Waals surface area contributed by atoms with Crippen LogP contribution in [0.5, 0.6) is 0 Å². The van der Waals surface area contributed by atoms with Gasteiger partial charge in [0.1, 0.15) is 0 Å². The predicted octanol–water partition coefficient (Wildman–Crippen LogP) is 3.85. The van der Waals surface area contributed by atoms with Crippen molar-refractivity contribution in [2.45, 2.75) is 19.8 Å². The molecule has 0 aliphatic carbocycles. The molecule has 0 N–H and O–H groups in total. The van der Waals surface area contributed by atoms with Gasteiger partial charge in [-0.05, 0) is 36.2 Å². The largest absolute Gasteiger partial charge is 0.240 e. The Hall–Kier alpha value is -2.60. The molecule has 0 spiro atoms. The molecule has 0 radical (unpaired) electrons. The fourth-order valence-corrected chi connectivity index (χ4v) is 2.40. The molecule has 0 saturated carbocycles. The molecule has 20 heavy (non-hydrogen) atoms. The maximum Gasteiger partial charge on any atom is 0.0991 e. The first kappa shape index (κ1) is 12.4. The molecule has 0 unspecified atom stereocenters. The average molecular weight is 261 g/mol. The highest BCUT2D eigenvalue weighted by molar-refractivity contribution is 5.81. The van der Waals surface area contributed by atoms with Crippen LogP contribution in [0.25, 0.3) is 16.6 Å². The Bertz CT molecular complexity index is 776. The molecule has 3 nitrogen and oxygen atoms in total. The Morgan fingerprint density at radius 1 is 1.15 bits per heavy atom. The maximum absolute atomic E-state index is 8.84. The van der Waals surface area contributed by atoms with Gasteiger partial charge in [0.2, 0.25) is 0 Å². The average Bonchev–Trinajstić information content (AvgIpc) is 2.93. The lowest BCUT2D eigenvalue weighted by Crippen LogP contribution is -1.94. The summed E-state index contributed by atoms with van der Waals surface area (Å²) in [6.07, 6.45) is 4.19. The zero-order chi connectivity index (χ0) is 13.9. The van der Waals surface area contributed by atoms with Crippen molar-refractivity contribution in [1.29, 1.82) is 5.26 Å². The normalized spacial score (nSPS) is 10.6. The van der Waals surface area contributed by atoms with Crippen LogP contribution >= 0.6 is 0 Å². The molecule has 0 amide bonds. The molecule has 1 heterocycles. The number of benzene rings is 2. The van der Waals surface area contributed by atoms with Gasteiger partial charge in [-0.15, -0.1) is 0 Å². The summed E-state index contributed by atoms with van der Waals surface area (Å²) in [5.41, 5.74) is 4.00. The van der Waals surface area contributed by atoms with Crippen molar-refractivity contribution in [3.8, 4) is 11.8 Å². The van der Waals surface area contributed by atoms with Crippen molar-refractivity contribution in [3.05, 3.63) is 59.8 Å². The van der Waals surface area contributed by atoms with Crippen LogP contribution in [-0.4, -0.2) is 9.78 Å². The van der Waals surface area contributed by atoms with Crippen molar-refractivity contribution >= 4 is 10.9 Å². The molecule has 2 aromatic carbocycles. The molecule has 0 bridgehead atoms. The molecule has 98 valence electrons. The Balaban J connectivity index is 2.08. The second kappa shape index (κ2) is 5.18. The number of aromatic nitrogens is 2. The van der Waals surface area contributed by atoms with Crippen LogP contribution in [0.1, 0.15) is 24.5 Å². The molecular weight excluding hydrogens is 246 g/mol.